The number of aliphatic hydroxyl groups excluding tert-OH is 1. The summed E-state index contributed by atoms with van der Waals surface area (Å²) in [5.74, 6) is -1.94. The largest absolute Gasteiger partial charge is 0.395 e. The van der Waals surface area contributed by atoms with E-state index in [1.165, 1.54) is 36.6 Å². The summed E-state index contributed by atoms with van der Waals surface area (Å²) in [6, 6.07) is 8.68. The summed E-state index contributed by atoms with van der Waals surface area (Å²) in [6.07, 6.45) is 10.0. The molecule has 0 saturated carbocycles. The number of anilines is 2. The highest BCUT2D eigenvalue weighted by Gasteiger charge is 2.29. The summed E-state index contributed by atoms with van der Waals surface area (Å²) in [7, 11) is -8.75. The first kappa shape index (κ1) is 43.3. The maximum absolute atomic E-state index is 13.8. The zero-order valence-corrected chi connectivity index (χ0v) is 32.9. The van der Waals surface area contributed by atoms with Crippen LogP contribution in [-0.2, 0) is 34.4 Å². The lowest BCUT2D eigenvalue weighted by atomic mass is 10.1. The maximum atomic E-state index is 13.8. The van der Waals surface area contributed by atoms with Crippen LogP contribution in [0.15, 0.2) is 46.3 Å². The summed E-state index contributed by atoms with van der Waals surface area (Å²) >= 11 is 6.36. The zero-order chi connectivity index (χ0) is 38.1. The molecule has 2 amide bonds. The van der Waals surface area contributed by atoms with Crippen molar-refractivity contribution in [2.24, 2.45) is 4.99 Å². The van der Waals surface area contributed by atoms with Gasteiger partial charge < -0.3 is 25.0 Å². The van der Waals surface area contributed by atoms with Crippen molar-refractivity contribution in [1.29, 1.82) is 0 Å². The molecule has 0 unspecified atom stereocenters. The Kier molecular flexibility index (Phi) is 18.0. The molecule has 2 aromatic carbocycles. The van der Waals surface area contributed by atoms with Gasteiger partial charge in [-0.1, -0.05) is 76.3 Å². The highest BCUT2D eigenvalue weighted by molar-refractivity contribution is 8.04. The molecule has 0 bridgehead atoms. The standard InChI is InChI=1S/C36H54ClN5O8S2/c1-4-6-7-8-9-10-11-12-13-14-25-51(46,47)40-52(48,49)30-16-17-31(37)33(27-30)39-35(44)34(36(45)42-20-23-50-24-21-42)38-32-18-15-29(26-28(32)3)41(5-2)19-22-43/h15-18,26-27,40,43H,4-14,19-25H2,1-3H3,(H,39,44). The highest BCUT2D eigenvalue weighted by Crippen LogP contribution is 2.28. The van der Waals surface area contributed by atoms with Crippen LogP contribution in [0.4, 0.5) is 17.1 Å². The van der Waals surface area contributed by atoms with E-state index in [0.717, 1.165) is 43.5 Å². The van der Waals surface area contributed by atoms with E-state index in [1.807, 2.05) is 17.9 Å². The molecule has 0 atom stereocenters. The Balaban J connectivity index is 1.76. The number of amides is 2. The Hall–Kier alpha value is -3.08. The smallest absolute Gasteiger partial charge is 0.280 e. The van der Waals surface area contributed by atoms with Crippen molar-refractivity contribution in [2.75, 3.05) is 62.0 Å². The normalized spacial score (nSPS) is 14.0. The van der Waals surface area contributed by atoms with Crippen molar-refractivity contribution < 1.29 is 36.3 Å². The van der Waals surface area contributed by atoms with Gasteiger partial charge in [0.05, 0.1) is 46.9 Å². The third-order valence-electron chi connectivity index (χ3n) is 8.74. The quantitative estimate of drug-likeness (QED) is 0.0784. The molecule has 0 radical (unpaired) electrons. The van der Waals surface area contributed by atoms with Gasteiger partial charge in [-0.2, -0.15) is 0 Å². The summed E-state index contributed by atoms with van der Waals surface area (Å²) in [6.45, 7) is 8.03. The summed E-state index contributed by atoms with van der Waals surface area (Å²) in [5.41, 5.74) is 1.25. The molecule has 2 aromatic rings. The van der Waals surface area contributed by atoms with E-state index < -0.39 is 42.5 Å². The number of nitrogens with one attached hydrogen (secondary N) is 2. The lowest BCUT2D eigenvalue weighted by molar-refractivity contribution is -0.128. The second-order valence-electron chi connectivity index (χ2n) is 12.8. The molecule has 3 N–H and O–H groups in total. The number of unbranched alkanes of at least 4 members (excludes halogenated alkanes) is 9. The molecule has 52 heavy (non-hydrogen) atoms. The van der Waals surface area contributed by atoms with Crippen LogP contribution in [0.5, 0.6) is 0 Å². The molecule has 0 spiro atoms. The van der Waals surface area contributed by atoms with Crippen LogP contribution in [0.1, 0.15) is 83.6 Å². The van der Waals surface area contributed by atoms with Crippen LogP contribution in [-0.4, -0.2) is 96.1 Å². The number of nitrogens with zero attached hydrogens (tertiary/aromatic N) is 3. The molecular weight excluding hydrogens is 730 g/mol. The molecule has 0 aromatic heterocycles. The molecule has 290 valence electrons. The number of carbonyl (C=O) groups is 2. The minimum atomic E-state index is -4.57. The second-order valence-corrected chi connectivity index (χ2v) is 17.0. The van der Waals surface area contributed by atoms with E-state index in [-0.39, 0.29) is 49.4 Å². The third-order valence-corrected chi connectivity index (χ3v) is 12.7. The molecule has 16 heteroatoms. The van der Waals surface area contributed by atoms with Gasteiger partial charge in [0.25, 0.3) is 21.8 Å². The first-order valence-electron chi connectivity index (χ1n) is 18.1. The molecule has 0 aliphatic carbocycles. The Morgan fingerprint density at radius 2 is 1.56 bits per heavy atom. The number of rotatable bonds is 22. The number of likely N-dealkylation sites (N-methyl/N-ethyl adjacent to an activating group) is 1. The van der Waals surface area contributed by atoms with Crippen LogP contribution in [0.3, 0.4) is 0 Å². The molecule has 3 rings (SSSR count). The van der Waals surface area contributed by atoms with E-state index in [4.69, 9.17) is 16.3 Å². The minimum Gasteiger partial charge on any atom is -0.395 e. The third kappa shape index (κ3) is 13.7. The van der Waals surface area contributed by atoms with E-state index >= 15 is 0 Å². The topological polar surface area (TPSA) is 175 Å². The van der Waals surface area contributed by atoms with Gasteiger partial charge in [0.1, 0.15) is 0 Å². The van der Waals surface area contributed by atoms with Crippen molar-refractivity contribution in [3.8, 4) is 0 Å². The van der Waals surface area contributed by atoms with Crippen molar-refractivity contribution >= 4 is 66.2 Å². The van der Waals surface area contributed by atoms with Gasteiger partial charge in [-0.05, 0) is 62.2 Å². The van der Waals surface area contributed by atoms with Crippen LogP contribution < -0.4 is 14.3 Å². The molecular formula is C36H54ClN5O8S2. The van der Waals surface area contributed by atoms with E-state index in [9.17, 15) is 31.5 Å². The van der Waals surface area contributed by atoms with Crippen molar-refractivity contribution in [2.45, 2.75) is 89.9 Å². The second kappa shape index (κ2) is 21.6. The molecule has 1 aliphatic heterocycles. The van der Waals surface area contributed by atoms with Gasteiger partial charge in [-0.25, -0.2) is 21.8 Å². The van der Waals surface area contributed by atoms with Gasteiger partial charge >= 0.3 is 0 Å². The average Bonchev–Trinajstić information content (AvgIpc) is 3.11. The fraction of sp³-hybridized carbons (Fsp3) is 0.583. The minimum absolute atomic E-state index is 0.0263. The summed E-state index contributed by atoms with van der Waals surface area (Å²) in [4.78, 5) is 34.9. The van der Waals surface area contributed by atoms with Gasteiger partial charge in [-0.3, -0.25) is 9.59 Å². The molecule has 1 saturated heterocycles. The molecule has 1 aliphatic rings. The Morgan fingerprint density at radius 1 is 0.923 bits per heavy atom. The lowest BCUT2D eigenvalue weighted by Gasteiger charge is -2.27. The number of halogens is 1. The Morgan fingerprint density at radius 3 is 2.15 bits per heavy atom. The Bertz CT molecular complexity index is 1730. The number of aliphatic hydroxyl groups is 1. The van der Waals surface area contributed by atoms with Crippen molar-refractivity contribution in [1.82, 2.24) is 9.03 Å². The first-order chi connectivity index (χ1) is 24.8. The monoisotopic (exact) mass is 783 g/mol. The van der Waals surface area contributed by atoms with Gasteiger partial charge in [-0.15, -0.1) is 4.13 Å². The fourth-order valence-electron chi connectivity index (χ4n) is 5.77. The molecule has 13 nitrogen and oxygen atoms in total. The van der Waals surface area contributed by atoms with E-state index in [0.29, 0.717) is 37.2 Å². The molecule has 1 fully saturated rings. The van der Waals surface area contributed by atoms with Gasteiger partial charge in [0.2, 0.25) is 10.0 Å². The number of aliphatic imine (C=N–C) groups is 1. The maximum Gasteiger partial charge on any atom is 0.280 e. The lowest BCUT2D eigenvalue weighted by Crippen LogP contribution is -2.47. The predicted octanol–water partition coefficient (Wildman–Crippen LogP) is 5.57. The first-order valence-corrected chi connectivity index (χ1v) is 21.6. The Labute approximate surface area is 314 Å². The number of benzene rings is 2. The summed E-state index contributed by atoms with van der Waals surface area (Å²) < 4.78 is 59.0. The SMILES string of the molecule is CCCCCCCCCCCCS(=O)(=O)NS(=O)(=O)c1ccc(Cl)c(NC(=O)C(=Nc2ccc(N(CC)CCO)cc2C)C(=O)N2CCOCC2)c1. The van der Waals surface area contributed by atoms with Crippen LogP contribution in [0, 0.1) is 6.92 Å². The predicted molar refractivity (Wildman–Crippen MR) is 207 cm³/mol. The summed E-state index contributed by atoms with van der Waals surface area (Å²) in [5, 5.41) is 11.9. The number of ether oxygens (including phenoxy) is 1. The van der Waals surface area contributed by atoms with E-state index in [2.05, 4.69) is 17.2 Å². The number of sulfonamides is 2. The number of hydrogen-bond donors (Lipinski definition) is 3. The average molecular weight is 784 g/mol. The highest BCUT2D eigenvalue weighted by atomic mass is 35.5. The number of aryl methyl sites for hydroxylation is 1. The number of carbonyl (C=O) groups excluding carboxylic acids is 2. The van der Waals surface area contributed by atoms with Crippen LogP contribution >= 0.6 is 11.6 Å². The number of morpholine rings is 1. The van der Waals surface area contributed by atoms with Crippen LogP contribution in [0.2, 0.25) is 5.02 Å². The van der Waals surface area contributed by atoms with Gasteiger partial charge in [0.15, 0.2) is 5.71 Å². The van der Waals surface area contributed by atoms with Gasteiger partial charge in [0, 0.05) is 31.9 Å². The fourth-order valence-corrected chi connectivity index (χ4v) is 9.09. The zero-order valence-electron chi connectivity index (χ0n) is 30.5. The van der Waals surface area contributed by atoms with E-state index in [1.54, 1.807) is 23.2 Å². The van der Waals surface area contributed by atoms with Crippen LogP contribution in [0.25, 0.3) is 0 Å². The van der Waals surface area contributed by atoms with Crippen molar-refractivity contribution in [3.05, 3.63) is 47.0 Å². The number of hydrogen-bond acceptors (Lipinski definition) is 10. The van der Waals surface area contributed by atoms with Crippen molar-refractivity contribution in [3.63, 3.8) is 0 Å². The molecule has 1 heterocycles.